The van der Waals surface area contributed by atoms with Gasteiger partial charge in [0.15, 0.2) is 17.0 Å². The standard InChI is InChI=1S/C20H16N6O2/c1-23-17-15(18(27)24(2)20(23)28)25-16(13-9-5-3-6-10-13)22-26(19(25)21-17)14-11-7-4-8-12-14/h3-12H,1-2H3. The summed E-state index contributed by atoms with van der Waals surface area (Å²) >= 11 is 0. The van der Waals surface area contributed by atoms with Gasteiger partial charge in [-0.25, -0.2) is 4.79 Å². The Kier molecular flexibility index (Phi) is 3.35. The minimum atomic E-state index is -0.418. The summed E-state index contributed by atoms with van der Waals surface area (Å²) in [5, 5.41) is 4.74. The molecule has 28 heavy (non-hydrogen) atoms. The highest BCUT2D eigenvalue weighted by Gasteiger charge is 2.23. The molecule has 0 amide bonds. The maximum atomic E-state index is 13.0. The Morgan fingerprint density at radius 2 is 1.46 bits per heavy atom. The topological polar surface area (TPSA) is 79.1 Å². The molecular weight excluding hydrogens is 356 g/mol. The second-order valence-electron chi connectivity index (χ2n) is 6.56. The van der Waals surface area contributed by atoms with E-state index in [1.807, 2.05) is 60.7 Å². The number of para-hydroxylation sites is 1. The van der Waals surface area contributed by atoms with Crippen LogP contribution in [0.3, 0.4) is 0 Å². The molecule has 8 nitrogen and oxygen atoms in total. The number of hydrogen-bond donors (Lipinski definition) is 0. The van der Waals surface area contributed by atoms with Crippen molar-refractivity contribution in [2.24, 2.45) is 14.1 Å². The molecule has 0 N–H and O–H groups in total. The zero-order chi connectivity index (χ0) is 19.4. The minimum absolute atomic E-state index is 0.320. The van der Waals surface area contributed by atoms with E-state index < -0.39 is 11.2 Å². The van der Waals surface area contributed by atoms with E-state index in [4.69, 9.17) is 5.10 Å². The Morgan fingerprint density at radius 3 is 2.14 bits per heavy atom. The minimum Gasteiger partial charge on any atom is -0.279 e. The van der Waals surface area contributed by atoms with E-state index in [-0.39, 0.29) is 0 Å². The Morgan fingerprint density at radius 1 is 0.821 bits per heavy atom. The van der Waals surface area contributed by atoms with Crippen LogP contribution >= 0.6 is 0 Å². The molecule has 138 valence electrons. The molecule has 0 spiro atoms. The summed E-state index contributed by atoms with van der Waals surface area (Å²) in [5.74, 6) is 1.05. The summed E-state index contributed by atoms with van der Waals surface area (Å²) in [6, 6.07) is 19.2. The van der Waals surface area contributed by atoms with Crippen molar-refractivity contribution in [3.63, 3.8) is 0 Å². The lowest BCUT2D eigenvalue weighted by atomic mass is 10.2. The molecule has 3 heterocycles. The molecule has 0 saturated heterocycles. The largest absolute Gasteiger partial charge is 0.332 e. The highest BCUT2D eigenvalue weighted by molar-refractivity contribution is 5.79. The first-order chi connectivity index (χ1) is 13.6. The maximum Gasteiger partial charge on any atom is 0.332 e. The smallest absolute Gasteiger partial charge is 0.279 e. The second kappa shape index (κ2) is 5.78. The third-order valence-electron chi connectivity index (χ3n) is 4.87. The van der Waals surface area contributed by atoms with Gasteiger partial charge in [-0.3, -0.25) is 18.3 Å². The molecule has 8 heteroatoms. The summed E-state index contributed by atoms with van der Waals surface area (Å²) in [6.07, 6.45) is 0. The van der Waals surface area contributed by atoms with Gasteiger partial charge in [-0.15, -0.1) is 5.10 Å². The summed E-state index contributed by atoms with van der Waals surface area (Å²) < 4.78 is 5.88. The van der Waals surface area contributed by atoms with Gasteiger partial charge in [0, 0.05) is 19.7 Å². The van der Waals surface area contributed by atoms with E-state index in [0.717, 1.165) is 15.8 Å². The molecule has 0 atom stereocenters. The van der Waals surface area contributed by atoms with Crippen molar-refractivity contribution in [3.8, 4) is 17.1 Å². The lowest BCUT2D eigenvalue weighted by Gasteiger charge is -2.04. The molecule has 0 saturated carbocycles. The molecule has 0 radical (unpaired) electrons. The van der Waals surface area contributed by atoms with E-state index in [0.29, 0.717) is 22.8 Å². The van der Waals surface area contributed by atoms with Crippen LogP contribution in [-0.2, 0) is 14.1 Å². The number of nitrogens with zero attached hydrogens (tertiary/aromatic N) is 6. The SMILES string of the molecule is Cn1c(=O)c2c(nc3n(-c4ccccc4)nc(-c4ccccc4)n23)n(C)c1=O. The van der Waals surface area contributed by atoms with E-state index in [1.165, 1.54) is 11.6 Å². The van der Waals surface area contributed by atoms with Gasteiger partial charge >= 0.3 is 5.69 Å². The predicted octanol–water partition coefficient (Wildman–Crippen LogP) is 1.74. The zero-order valence-corrected chi connectivity index (χ0v) is 15.3. The van der Waals surface area contributed by atoms with Gasteiger partial charge in [0.05, 0.1) is 5.69 Å². The molecule has 0 fully saturated rings. The van der Waals surface area contributed by atoms with Crippen LogP contribution < -0.4 is 11.2 Å². The van der Waals surface area contributed by atoms with Crippen molar-refractivity contribution in [2.75, 3.05) is 0 Å². The monoisotopic (exact) mass is 372 g/mol. The number of aromatic nitrogens is 6. The van der Waals surface area contributed by atoms with Crippen LogP contribution in [-0.4, -0.2) is 28.3 Å². The van der Waals surface area contributed by atoms with E-state index in [2.05, 4.69) is 4.98 Å². The summed E-state index contributed by atoms with van der Waals surface area (Å²) in [7, 11) is 3.08. The second-order valence-corrected chi connectivity index (χ2v) is 6.56. The fourth-order valence-electron chi connectivity index (χ4n) is 3.43. The average molecular weight is 372 g/mol. The van der Waals surface area contributed by atoms with Crippen molar-refractivity contribution in [3.05, 3.63) is 81.5 Å². The van der Waals surface area contributed by atoms with Gasteiger partial charge in [0.1, 0.15) is 0 Å². The van der Waals surface area contributed by atoms with Crippen LogP contribution in [0, 0.1) is 0 Å². The van der Waals surface area contributed by atoms with Crippen molar-refractivity contribution in [2.45, 2.75) is 0 Å². The molecule has 0 aliphatic heterocycles. The van der Waals surface area contributed by atoms with Gasteiger partial charge in [-0.05, 0) is 12.1 Å². The Labute approximate surface area is 158 Å². The first kappa shape index (κ1) is 16.2. The molecule has 0 aliphatic rings. The van der Waals surface area contributed by atoms with Gasteiger partial charge < -0.3 is 0 Å². The molecule has 5 rings (SSSR count). The molecule has 2 aromatic carbocycles. The van der Waals surface area contributed by atoms with Gasteiger partial charge in [-0.2, -0.15) is 9.67 Å². The third kappa shape index (κ3) is 2.11. The third-order valence-corrected chi connectivity index (χ3v) is 4.87. The molecule has 3 aromatic heterocycles. The van der Waals surface area contributed by atoms with Gasteiger partial charge in [0.25, 0.3) is 5.56 Å². The van der Waals surface area contributed by atoms with Crippen molar-refractivity contribution >= 4 is 16.9 Å². The number of rotatable bonds is 2. The lowest BCUT2D eigenvalue weighted by Crippen LogP contribution is -2.37. The summed E-state index contributed by atoms with van der Waals surface area (Å²) in [4.78, 5) is 29.9. The number of fused-ring (bicyclic) bond motifs is 3. The highest BCUT2D eigenvalue weighted by Crippen LogP contribution is 2.25. The van der Waals surface area contributed by atoms with Gasteiger partial charge in [0.2, 0.25) is 5.78 Å². The van der Waals surface area contributed by atoms with Crippen molar-refractivity contribution in [1.82, 2.24) is 28.3 Å². The Hall–Kier alpha value is -3.94. The first-order valence-electron chi connectivity index (χ1n) is 8.76. The van der Waals surface area contributed by atoms with E-state index in [9.17, 15) is 9.59 Å². The number of aryl methyl sites for hydroxylation is 1. The first-order valence-corrected chi connectivity index (χ1v) is 8.76. The Balaban J connectivity index is 2.03. The zero-order valence-electron chi connectivity index (χ0n) is 15.3. The fourth-order valence-corrected chi connectivity index (χ4v) is 3.43. The van der Waals surface area contributed by atoms with E-state index in [1.54, 1.807) is 16.1 Å². The number of benzene rings is 2. The predicted molar refractivity (Wildman–Crippen MR) is 106 cm³/mol. The quantitative estimate of drug-likeness (QED) is 0.473. The molecule has 0 unspecified atom stereocenters. The highest BCUT2D eigenvalue weighted by atomic mass is 16.2. The number of hydrogen-bond acceptors (Lipinski definition) is 4. The molecule has 0 aliphatic carbocycles. The van der Waals surface area contributed by atoms with Crippen LogP contribution in [0.2, 0.25) is 0 Å². The fraction of sp³-hybridized carbons (Fsp3) is 0.100. The number of imidazole rings is 1. The maximum absolute atomic E-state index is 13.0. The average Bonchev–Trinajstić information content (AvgIpc) is 3.29. The van der Waals surface area contributed by atoms with E-state index >= 15 is 0 Å². The van der Waals surface area contributed by atoms with Crippen molar-refractivity contribution in [1.29, 1.82) is 0 Å². The van der Waals surface area contributed by atoms with Crippen LogP contribution in [0.1, 0.15) is 0 Å². The summed E-state index contributed by atoms with van der Waals surface area (Å²) in [6.45, 7) is 0. The molecule has 5 aromatic rings. The van der Waals surface area contributed by atoms with Crippen molar-refractivity contribution < 1.29 is 0 Å². The van der Waals surface area contributed by atoms with Crippen LogP contribution in [0.25, 0.3) is 34.0 Å². The normalized spacial score (nSPS) is 11.5. The lowest BCUT2D eigenvalue weighted by molar-refractivity contribution is 0.707. The summed E-state index contributed by atoms with van der Waals surface area (Å²) in [5.41, 5.74) is 1.48. The Bertz CT molecular complexity index is 1460. The molecular formula is C20H16N6O2. The van der Waals surface area contributed by atoms with Gasteiger partial charge in [-0.1, -0.05) is 48.5 Å². The van der Waals surface area contributed by atoms with Crippen LogP contribution in [0.5, 0.6) is 0 Å². The van der Waals surface area contributed by atoms with Crippen LogP contribution in [0.4, 0.5) is 0 Å². The van der Waals surface area contributed by atoms with Crippen LogP contribution in [0.15, 0.2) is 70.3 Å². The molecule has 0 bridgehead atoms.